The van der Waals surface area contributed by atoms with Crippen molar-refractivity contribution in [3.63, 3.8) is 0 Å². The van der Waals surface area contributed by atoms with Crippen LogP contribution >= 0.6 is 0 Å². The number of hydrogen-bond donors (Lipinski definition) is 1. The van der Waals surface area contributed by atoms with Crippen LogP contribution in [0.3, 0.4) is 0 Å². The van der Waals surface area contributed by atoms with Crippen LogP contribution in [0.15, 0.2) is 18.5 Å². The second-order valence-electron chi connectivity index (χ2n) is 5.64. The summed E-state index contributed by atoms with van der Waals surface area (Å²) in [6.45, 7) is 4.73. The van der Waals surface area contributed by atoms with Crippen LogP contribution in [0.5, 0.6) is 0 Å². The van der Waals surface area contributed by atoms with Crippen molar-refractivity contribution in [2.24, 2.45) is 0 Å². The first-order valence-corrected chi connectivity index (χ1v) is 8.18. The monoisotopic (exact) mass is 306 g/mol. The van der Waals surface area contributed by atoms with Crippen LogP contribution in [0, 0.1) is 0 Å². The summed E-state index contributed by atoms with van der Waals surface area (Å²) in [7, 11) is 0. The Morgan fingerprint density at radius 3 is 2.73 bits per heavy atom. The van der Waals surface area contributed by atoms with Gasteiger partial charge in [-0.25, -0.2) is 9.97 Å². The second kappa shape index (κ2) is 9.35. The molecule has 1 fully saturated rings. The largest absolute Gasteiger partial charge is 0.372 e. The van der Waals surface area contributed by atoms with Gasteiger partial charge < -0.3 is 15.0 Å². The van der Waals surface area contributed by atoms with Gasteiger partial charge in [0.25, 0.3) is 0 Å². The summed E-state index contributed by atoms with van der Waals surface area (Å²) < 4.78 is 5.39. The van der Waals surface area contributed by atoms with E-state index in [2.05, 4.69) is 27.1 Å². The minimum atomic E-state index is -0.00842. The zero-order chi connectivity index (χ0) is 15.6. The van der Waals surface area contributed by atoms with Crippen LogP contribution in [0.25, 0.3) is 0 Å². The third-order valence-corrected chi connectivity index (χ3v) is 3.82. The molecule has 22 heavy (non-hydrogen) atoms. The van der Waals surface area contributed by atoms with Crippen molar-refractivity contribution in [1.82, 2.24) is 15.3 Å². The van der Waals surface area contributed by atoms with E-state index < -0.39 is 0 Å². The first kappa shape index (κ1) is 16.7. The Bertz CT molecular complexity index is 433. The average molecular weight is 306 g/mol. The zero-order valence-electron chi connectivity index (χ0n) is 13.3. The number of hydrogen-bond acceptors (Lipinski definition) is 5. The van der Waals surface area contributed by atoms with Gasteiger partial charge in [-0.2, -0.15) is 0 Å². The van der Waals surface area contributed by atoms with Crippen LogP contribution in [0.1, 0.15) is 39.0 Å². The van der Waals surface area contributed by atoms with E-state index in [9.17, 15) is 4.79 Å². The lowest BCUT2D eigenvalue weighted by molar-refractivity contribution is -0.126. The molecule has 1 aliphatic heterocycles. The van der Waals surface area contributed by atoms with Crippen molar-refractivity contribution in [2.75, 3.05) is 31.2 Å². The zero-order valence-corrected chi connectivity index (χ0v) is 13.3. The smallest absolute Gasteiger partial charge is 0.246 e. The van der Waals surface area contributed by atoms with Crippen LogP contribution in [-0.2, 0) is 9.53 Å². The lowest BCUT2D eigenvalue weighted by atomic mass is 10.1. The Morgan fingerprint density at radius 2 is 2.05 bits per heavy atom. The summed E-state index contributed by atoms with van der Waals surface area (Å²) in [6, 6.07) is 2.04. The van der Waals surface area contributed by atoms with Crippen molar-refractivity contribution in [2.45, 2.75) is 45.1 Å². The lowest BCUT2D eigenvalue weighted by Crippen LogP contribution is -2.46. The molecule has 6 heteroatoms. The summed E-state index contributed by atoms with van der Waals surface area (Å²) in [5.74, 6) is 0.762. The highest BCUT2D eigenvalue weighted by Crippen LogP contribution is 2.15. The van der Waals surface area contributed by atoms with E-state index >= 15 is 0 Å². The third kappa shape index (κ3) is 5.60. The molecule has 0 unspecified atom stereocenters. The third-order valence-electron chi connectivity index (χ3n) is 3.82. The Kier molecular flexibility index (Phi) is 7.09. The fourth-order valence-corrected chi connectivity index (χ4v) is 2.57. The number of piperidine rings is 1. The molecule has 1 aromatic rings. The predicted molar refractivity (Wildman–Crippen MR) is 85.8 cm³/mol. The van der Waals surface area contributed by atoms with Gasteiger partial charge in [-0.05, 0) is 25.3 Å². The van der Waals surface area contributed by atoms with E-state index in [1.165, 1.54) is 6.42 Å². The Hall–Kier alpha value is -1.69. The summed E-state index contributed by atoms with van der Waals surface area (Å²) in [5.41, 5.74) is 0. The molecule has 2 rings (SSSR count). The van der Waals surface area contributed by atoms with Crippen molar-refractivity contribution < 1.29 is 9.53 Å². The fraction of sp³-hybridized carbons (Fsp3) is 0.688. The van der Waals surface area contributed by atoms with Gasteiger partial charge in [0.15, 0.2) is 0 Å². The molecule has 6 nitrogen and oxygen atoms in total. The number of carbonyl (C=O) groups is 1. The number of nitrogens with zero attached hydrogens (tertiary/aromatic N) is 3. The number of unbranched alkanes of at least 4 members (excludes halogenated alkanes) is 2. The van der Waals surface area contributed by atoms with Crippen molar-refractivity contribution in [3.8, 4) is 0 Å². The highest BCUT2D eigenvalue weighted by molar-refractivity contribution is 5.77. The number of ether oxygens (including phenoxy) is 1. The molecule has 0 saturated carbocycles. The molecular weight excluding hydrogens is 280 g/mol. The Labute approximate surface area is 132 Å². The molecule has 122 valence electrons. The summed E-state index contributed by atoms with van der Waals surface area (Å²) in [5, 5.41) is 3.05. The molecule has 1 aliphatic rings. The van der Waals surface area contributed by atoms with E-state index in [4.69, 9.17) is 4.74 Å². The lowest BCUT2D eigenvalue weighted by Gasteiger charge is -2.32. The van der Waals surface area contributed by atoms with E-state index in [1.807, 2.05) is 6.07 Å². The molecule has 0 bridgehead atoms. The number of anilines is 1. The standard InChI is InChI=1S/C16H26N4O2/c1-2-3-4-12-22-13-15(21)19-14-6-10-20(11-7-14)16-17-8-5-9-18-16/h5,8-9,14H,2-4,6-7,10-13H2,1H3,(H,19,21). The van der Waals surface area contributed by atoms with Gasteiger partial charge in [0.2, 0.25) is 11.9 Å². The number of amides is 1. The molecule has 0 aromatic carbocycles. The van der Waals surface area contributed by atoms with Crippen LogP contribution in [0.4, 0.5) is 5.95 Å². The average Bonchev–Trinajstić information content (AvgIpc) is 2.56. The molecular formula is C16H26N4O2. The SMILES string of the molecule is CCCCCOCC(=O)NC1CCN(c2ncccn2)CC1. The molecule has 0 atom stereocenters. The Morgan fingerprint density at radius 1 is 1.32 bits per heavy atom. The van der Waals surface area contributed by atoms with E-state index in [0.29, 0.717) is 6.61 Å². The van der Waals surface area contributed by atoms with Gasteiger partial charge >= 0.3 is 0 Å². The molecule has 0 radical (unpaired) electrons. The van der Waals surface area contributed by atoms with Crippen LogP contribution in [0.2, 0.25) is 0 Å². The fourth-order valence-electron chi connectivity index (χ4n) is 2.57. The van der Waals surface area contributed by atoms with Crippen molar-refractivity contribution >= 4 is 11.9 Å². The van der Waals surface area contributed by atoms with Gasteiger partial charge in [0, 0.05) is 38.1 Å². The Balaban J connectivity index is 1.62. The summed E-state index contributed by atoms with van der Waals surface area (Å²) >= 11 is 0. The summed E-state index contributed by atoms with van der Waals surface area (Å²) in [6.07, 6.45) is 8.69. The topological polar surface area (TPSA) is 67.3 Å². The number of carbonyl (C=O) groups excluding carboxylic acids is 1. The maximum absolute atomic E-state index is 11.8. The minimum absolute atomic E-state index is 0.00842. The maximum Gasteiger partial charge on any atom is 0.246 e. The molecule has 1 amide bonds. The van der Waals surface area contributed by atoms with Gasteiger partial charge in [0.1, 0.15) is 6.61 Å². The molecule has 1 N–H and O–H groups in total. The number of rotatable bonds is 8. The predicted octanol–water partition coefficient (Wildman–Crippen LogP) is 1.77. The van der Waals surface area contributed by atoms with Crippen molar-refractivity contribution in [1.29, 1.82) is 0 Å². The van der Waals surface area contributed by atoms with Gasteiger partial charge in [-0.1, -0.05) is 19.8 Å². The normalized spacial score (nSPS) is 15.8. The van der Waals surface area contributed by atoms with Gasteiger partial charge in [-0.3, -0.25) is 4.79 Å². The molecule has 1 aromatic heterocycles. The highest BCUT2D eigenvalue weighted by atomic mass is 16.5. The highest BCUT2D eigenvalue weighted by Gasteiger charge is 2.21. The van der Waals surface area contributed by atoms with Crippen molar-refractivity contribution in [3.05, 3.63) is 18.5 Å². The van der Waals surface area contributed by atoms with Crippen LogP contribution < -0.4 is 10.2 Å². The van der Waals surface area contributed by atoms with E-state index in [0.717, 1.165) is 44.7 Å². The molecule has 0 spiro atoms. The van der Waals surface area contributed by atoms with E-state index in [1.54, 1.807) is 12.4 Å². The first-order valence-electron chi connectivity index (χ1n) is 8.18. The maximum atomic E-state index is 11.8. The number of nitrogens with one attached hydrogen (secondary N) is 1. The van der Waals surface area contributed by atoms with Gasteiger partial charge in [-0.15, -0.1) is 0 Å². The summed E-state index contributed by atoms with van der Waals surface area (Å²) in [4.78, 5) is 22.5. The van der Waals surface area contributed by atoms with Gasteiger partial charge in [0.05, 0.1) is 0 Å². The second-order valence-corrected chi connectivity index (χ2v) is 5.64. The quantitative estimate of drug-likeness (QED) is 0.741. The molecule has 2 heterocycles. The molecule has 0 aliphatic carbocycles. The van der Waals surface area contributed by atoms with E-state index in [-0.39, 0.29) is 18.6 Å². The molecule has 1 saturated heterocycles. The van der Waals surface area contributed by atoms with Crippen LogP contribution in [-0.4, -0.2) is 48.2 Å². The number of aromatic nitrogens is 2. The first-order chi connectivity index (χ1) is 10.8. The minimum Gasteiger partial charge on any atom is -0.372 e.